The first-order valence-corrected chi connectivity index (χ1v) is 8.35. The third-order valence-electron chi connectivity index (χ3n) is 4.08. The van der Waals surface area contributed by atoms with Gasteiger partial charge >= 0.3 is 0 Å². The maximum atomic E-state index is 4.51. The van der Waals surface area contributed by atoms with Crippen LogP contribution in [0.15, 0.2) is 36.5 Å². The summed E-state index contributed by atoms with van der Waals surface area (Å²) < 4.78 is 0. The molecule has 0 aliphatic carbocycles. The first kappa shape index (κ1) is 17.1. The van der Waals surface area contributed by atoms with Gasteiger partial charge in [-0.3, -0.25) is 0 Å². The second-order valence-corrected chi connectivity index (χ2v) is 6.82. The quantitative estimate of drug-likeness (QED) is 0.747. The Morgan fingerprint density at radius 2 is 1.76 bits per heavy atom. The van der Waals surface area contributed by atoms with Gasteiger partial charge in [-0.05, 0) is 62.8 Å². The average molecular weight is 332 g/mol. The molecule has 0 aliphatic heterocycles. The third kappa shape index (κ3) is 3.84. The van der Waals surface area contributed by atoms with Crippen molar-refractivity contribution < 1.29 is 0 Å². The number of H-pyrrole nitrogens is 1. The molecule has 2 heterocycles. The molecule has 3 aromatic rings. The second kappa shape index (κ2) is 7.00. The summed E-state index contributed by atoms with van der Waals surface area (Å²) in [5.41, 5.74) is 6.38. The number of hydrogen-bond acceptors (Lipinski definition) is 3. The van der Waals surface area contributed by atoms with Crippen molar-refractivity contribution in [3.05, 3.63) is 58.9 Å². The zero-order valence-electron chi connectivity index (χ0n) is 15.5. The van der Waals surface area contributed by atoms with E-state index in [2.05, 4.69) is 83.0 Å². The first-order valence-electron chi connectivity index (χ1n) is 8.35. The van der Waals surface area contributed by atoms with Crippen LogP contribution >= 0.6 is 0 Å². The smallest absolute Gasteiger partial charge is 0.138 e. The van der Waals surface area contributed by atoms with E-state index in [4.69, 9.17) is 0 Å². The second-order valence-electron chi connectivity index (χ2n) is 6.82. The number of fused-ring (bicyclic) bond motifs is 1. The molecular formula is C21H24N4. The summed E-state index contributed by atoms with van der Waals surface area (Å²) in [6.07, 6.45) is 1.88. The number of hydrogen-bond donors (Lipinski definition) is 1. The Hall–Kier alpha value is -2.77. The van der Waals surface area contributed by atoms with Gasteiger partial charge in [0.05, 0.1) is 5.69 Å². The lowest BCUT2D eigenvalue weighted by atomic mass is 10.1. The van der Waals surface area contributed by atoms with E-state index in [-0.39, 0.29) is 0 Å². The molecule has 1 aromatic carbocycles. The van der Waals surface area contributed by atoms with Crippen molar-refractivity contribution in [1.29, 1.82) is 0 Å². The van der Waals surface area contributed by atoms with E-state index in [0.29, 0.717) is 0 Å². The average Bonchev–Trinajstić information content (AvgIpc) is 2.90. The van der Waals surface area contributed by atoms with Crippen LogP contribution in [0.3, 0.4) is 0 Å². The minimum atomic E-state index is 0.828. The molecule has 0 atom stereocenters. The fourth-order valence-electron chi connectivity index (χ4n) is 2.79. The summed E-state index contributed by atoms with van der Waals surface area (Å²) in [4.78, 5) is 12.1. The lowest BCUT2D eigenvalue weighted by Gasteiger charge is -2.11. The van der Waals surface area contributed by atoms with Crippen molar-refractivity contribution in [1.82, 2.24) is 14.9 Å². The van der Waals surface area contributed by atoms with E-state index in [1.54, 1.807) is 0 Å². The Morgan fingerprint density at radius 1 is 1.04 bits per heavy atom. The Kier molecular flexibility index (Phi) is 4.78. The lowest BCUT2D eigenvalue weighted by molar-refractivity contribution is 0.404. The highest BCUT2D eigenvalue weighted by Gasteiger charge is 2.12. The minimum absolute atomic E-state index is 0.828. The van der Waals surface area contributed by atoms with Crippen LogP contribution < -0.4 is 4.90 Å². The van der Waals surface area contributed by atoms with Crippen LogP contribution in [0.5, 0.6) is 0 Å². The van der Waals surface area contributed by atoms with Gasteiger partial charge in [0.15, 0.2) is 0 Å². The lowest BCUT2D eigenvalue weighted by Crippen LogP contribution is -2.11. The van der Waals surface area contributed by atoms with Crippen LogP contribution in [0.4, 0.5) is 5.69 Å². The van der Waals surface area contributed by atoms with E-state index in [9.17, 15) is 0 Å². The fraction of sp³-hybridized carbons (Fsp3) is 0.286. The van der Waals surface area contributed by atoms with Crippen LogP contribution in [0.25, 0.3) is 11.0 Å². The van der Waals surface area contributed by atoms with Gasteiger partial charge < -0.3 is 14.8 Å². The van der Waals surface area contributed by atoms with Crippen molar-refractivity contribution in [3.8, 4) is 11.8 Å². The normalized spacial score (nSPS) is 10.8. The summed E-state index contributed by atoms with van der Waals surface area (Å²) in [7, 11) is 8.21. The molecule has 0 fully saturated rings. The van der Waals surface area contributed by atoms with Crippen LogP contribution in [0.1, 0.15) is 22.4 Å². The number of rotatable bonds is 3. The van der Waals surface area contributed by atoms with Gasteiger partial charge in [-0.25, -0.2) is 4.98 Å². The number of benzene rings is 1. The zero-order valence-corrected chi connectivity index (χ0v) is 15.5. The molecule has 2 aromatic heterocycles. The standard InChI is InChI=1S/C21H24N4/c1-15-12-18-19(14-24(2)3)20(23-21(18)22-13-15)11-8-16-6-9-17(10-7-16)25(4)5/h6-7,9-10,12-13H,14H2,1-5H3,(H,22,23). The zero-order chi connectivity index (χ0) is 18.0. The number of aryl methyl sites for hydroxylation is 1. The molecule has 0 bridgehead atoms. The number of pyridine rings is 1. The van der Waals surface area contributed by atoms with Crippen molar-refractivity contribution in [2.75, 3.05) is 33.1 Å². The van der Waals surface area contributed by atoms with Crippen LogP contribution in [0, 0.1) is 18.8 Å². The number of aromatic amines is 1. The van der Waals surface area contributed by atoms with Gasteiger partial charge in [-0.2, -0.15) is 0 Å². The highest BCUT2D eigenvalue weighted by Crippen LogP contribution is 2.23. The van der Waals surface area contributed by atoms with E-state index in [0.717, 1.165) is 34.4 Å². The molecule has 3 rings (SSSR count). The number of aromatic nitrogens is 2. The summed E-state index contributed by atoms with van der Waals surface area (Å²) in [6, 6.07) is 10.5. The minimum Gasteiger partial charge on any atom is -0.378 e. The van der Waals surface area contributed by atoms with Gasteiger partial charge in [0.1, 0.15) is 5.65 Å². The number of nitrogens with zero attached hydrogens (tertiary/aromatic N) is 3. The van der Waals surface area contributed by atoms with Gasteiger partial charge in [0.2, 0.25) is 0 Å². The molecule has 4 heteroatoms. The van der Waals surface area contributed by atoms with Crippen molar-refractivity contribution in [2.45, 2.75) is 13.5 Å². The molecule has 0 aliphatic rings. The predicted molar refractivity (Wildman–Crippen MR) is 105 cm³/mol. The molecule has 128 valence electrons. The summed E-state index contributed by atoms with van der Waals surface area (Å²) in [5, 5.41) is 1.15. The van der Waals surface area contributed by atoms with E-state index in [1.165, 1.54) is 11.3 Å². The summed E-state index contributed by atoms with van der Waals surface area (Å²) >= 11 is 0. The topological polar surface area (TPSA) is 35.2 Å². The Labute approximate surface area is 149 Å². The molecule has 0 unspecified atom stereocenters. The van der Waals surface area contributed by atoms with E-state index < -0.39 is 0 Å². The highest BCUT2D eigenvalue weighted by molar-refractivity contribution is 5.83. The summed E-state index contributed by atoms with van der Waals surface area (Å²) in [6.45, 7) is 2.89. The van der Waals surface area contributed by atoms with E-state index in [1.807, 2.05) is 20.3 Å². The van der Waals surface area contributed by atoms with Crippen molar-refractivity contribution in [2.24, 2.45) is 0 Å². The van der Waals surface area contributed by atoms with Crippen LogP contribution in [0.2, 0.25) is 0 Å². The van der Waals surface area contributed by atoms with Gasteiger partial charge in [-0.15, -0.1) is 0 Å². The molecule has 25 heavy (non-hydrogen) atoms. The third-order valence-corrected chi connectivity index (χ3v) is 4.08. The molecule has 0 saturated carbocycles. The Morgan fingerprint density at radius 3 is 2.40 bits per heavy atom. The Bertz CT molecular complexity index is 938. The predicted octanol–water partition coefficient (Wildman–Crippen LogP) is 3.40. The fourth-order valence-corrected chi connectivity index (χ4v) is 2.79. The molecular weight excluding hydrogens is 308 g/mol. The molecule has 0 amide bonds. The molecule has 0 spiro atoms. The number of anilines is 1. The van der Waals surface area contributed by atoms with Crippen molar-refractivity contribution >= 4 is 16.7 Å². The monoisotopic (exact) mass is 332 g/mol. The number of nitrogens with one attached hydrogen (secondary N) is 1. The maximum absolute atomic E-state index is 4.51. The SMILES string of the molecule is Cc1cnc2[nH]c(C#Cc3ccc(N(C)C)cc3)c(CN(C)C)c2c1. The van der Waals surface area contributed by atoms with Gasteiger partial charge in [0.25, 0.3) is 0 Å². The van der Waals surface area contributed by atoms with Gasteiger partial charge in [0, 0.05) is 49.0 Å². The Balaban J connectivity index is 2.01. The molecule has 0 saturated heterocycles. The van der Waals surface area contributed by atoms with Crippen LogP contribution in [-0.4, -0.2) is 43.1 Å². The van der Waals surface area contributed by atoms with Crippen molar-refractivity contribution in [3.63, 3.8) is 0 Å². The molecule has 0 radical (unpaired) electrons. The molecule has 1 N–H and O–H groups in total. The largest absolute Gasteiger partial charge is 0.378 e. The molecule has 4 nitrogen and oxygen atoms in total. The highest BCUT2D eigenvalue weighted by atomic mass is 15.1. The van der Waals surface area contributed by atoms with E-state index >= 15 is 0 Å². The van der Waals surface area contributed by atoms with Crippen LogP contribution in [-0.2, 0) is 6.54 Å². The first-order chi connectivity index (χ1) is 11.9. The summed E-state index contributed by atoms with van der Waals surface area (Å²) in [5.74, 6) is 6.58. The maximum Gasteiger partial charge on any atom is 0.138 e. The van der Waals surface area contributed by atoms with Gasteiger partial charge in [-0.1, -0.05) is 5.92 Å².